The van der Waals surface area contributed by atoms with Gasteiger partial charge in [-0.25, -0.2) is 0 Å². The highest BCUT2D eigenvalue weighted by Gasteiger charge is 2.15. The molecule has 0 aliphatic heterocycles. The topological polar surface area (TPSA) is 66.6 Å². The normalized spacial score (nSPS) is 10.8. The maximum atomic E-state index is 10.9. The van der Waals surface area contributed by atoms with E-state index >= 15 is 0 Å². The van der Waals surface area contributed by atoms with Gasteiger partial charge in [-0.05, 0) is 13.0 Å². The number of aliphatic hydroxyl groups excluding tert-OH is 1. The SMILES string of the molecule is CCCCN(CCO)Cc1ccccc1[N+](=O)[O-]. The molecule has 0 radical (unpaired) electrons. The fourth-order valence-electron chi connectivity index (χ4n) is 1.86. The second-order valence-corrected chi connectivity index (χ2v) is 4.24. The molecule has 100 valence electrons. The number of hydrogen-bond donors (Lipinski definition) is 1. The first-order chi connectivity index (χ1) is 8.69. The number of nitro benzene ring substituents is 1. The van der Waals surface area contributed by atoms with Crippen molar-refractivity contribution in [1.82, 2.24) is 4.90 Å². The summed E-state index contributed by atoms with van der Waals surface area (Å²) in [6, 6.07) is 6.77. The molecule has 0 bridgehead atoms. The number of unbranched alkanes of at least 4 members (excludes halogenated alkanes) is 1. The molecule has 0 atom stereocenters. The zero-order valence-electron chi connectivity index (χ0n) is 10.7. The van der Waals surface area contributed by atoms with E-state index in [2.05, 4.69) is 6.92 Å². The molecule has 0 spiro atoms. The van der Waals surface area contributed by atoms with Crippen LogP contribution in [-0.2, 0) is 6.54 Å². The number of nitrogens with zero attached hydrogens (tertiary/aromatic N) is 2. The molecule has 0 aromatic heterocycles. The van der Waals surface area contributed by atoms with Crippen LogP contribution in [0.2, 0.25) is 0 Å². The first-order valence-electron chi connectivity index (χ1n) is 6.24. The van der Waals surface area contributed by atoms with E-state index in [1.807, 2.05) is 4.90 Å². The van der Waals surface area contributed by atoms with E-state index in [0.29, 0.717) is 18.7 Å². The molecule has 1 rings (SSSR count). The lowest BCUT2D eigenvalue weighted by Gasteiger charge is -2.20. The molecule has 0 heterocycles. The smallest absolute Gasteiger partial charge is 0.273 e. The Morgan fingerprint density at radius 3 is 2.67 bits per heavy atom. The maximum absolute atomic E-state index is 10.9. The van der Waals surface area contributed by atoms with E-state index in [-0.39, 0.29) is 17.2 Å². The van der Waals surface area contributed by atoms with Gasteiger partial charge in [-0.15, -0.1) is 0 Å². The summed E-state index contributed by atoms with van der Waals surface area (Å²) in [5.74, 6) is 0. The predicted molar refractivity (Wildman–Crippen MR) is 70.4 cm³/mol. The molecular weight excluding hydrogens is 232 g/mol. The fraction of sp³-hybridized carbons (Fsp3) is 0.538. The van der Waals surface area contributed by atoms with Crippen LogP contribution in [0.5, 0.6) is 0 Å². The van der Waals surface area contributed by atoms with Crippen molar-refractivity contribution in [3.63, 3.8) is 0 Å². The zero-order valence-corrected chi connectivity index (χ0v) is 10.7. The standard InChI is InChI=1S/C13H20N2O3/c1-2-3-8-14(9-10-16)11-12-6-4-5-7-13(12)15(17)18/h4-7,16H,2-3,8-11H2,1H3. The van der Waals surface area contributed by atoms with E-state index in [9.17, 15) is 10.1 Å². The molecular formula is C13H20N2O3. The van der Waals surface area contributed by atoms with Gasteiger partial charge in [-0.2, -0.15) is 0 Å². The van der Waals surface area contributed by atoms with Crippen molar-refractivity contribution < 1.29 is 10.0 Å². The van der Waals surface area contributed by atoms with Crippen LogP contribution in [0.3, 0.4) is 0 Å². The van der Waals surface area contributed by atoms with Crippen LogP contribution in [-0.4, -0.2) is 34.6 Å². The van der Waals surface area contributed by atoms with Gasteiger partial charge in [0.1, 0.15) is 0 Å². The molecule has 18 heavy (non-hydrogen) atoms. The molecule has 0 saturated heterocycles. The zero-order chi connectivity index (χ0) is 13.4. The van der Waals surface area contributed by atoms with E-state index in [1.165, 1.54) is 6.07 Å². The molecule has 0 amide bonds. The second kappa shape index (κ2) is 7.79. The van der Waals surface area contributed by atoms with E-state index < -0.39 is 0 Å². The van der Waals surface area contributed by atoms with Crippen LogP contribution in [0.15, 0.2) is 24.3 Å². The van der Waals surface area contributed by atoms with Crippen molar-refractivity contribution in [3.05, 3.63) is 39.9 Å². The van der Waals surface area contributed by atoms with E-state index in [4.69, 9.17) is 5.11 Å². The van der Waals surface area contributed by atoms with Gasteiger partial charge in [0, 0.05) is 24.7 Å². The predicted octanol–water partition coefficient (Wildman–Crippen LogP) is 2.19. The Morgan fingerprint density at radius 2 is 2.06 bits per heavy atom. The van der Waals surface area contributed by atoms with Gasteiger partial charge in [-0.3, -0.25) is 15.0 Å². The first-order valence-corrected chi connectivity index (χ1v) is 6.24. The number of nitro groups is 1. The number of para-hydroxylation sites is 1. The van der Waals surface area contributed by atoms with Gasteiger partial charge in [0.2, 0.25) is 0 Å². The minimum atomic E-state index is -0.355. The third-order valence-electron chi connectivity index (χ3n) is 2.83. The molecule has 5 heteroatoms. The average Bonchev–Trinajstić information content (AvgIpc) is 2.36. The van der Waals surface area contributed by atoms with Crippen LogP contribution < -0.4 is 0 Å². The Morgan fingerprint density at radius 1 is 1.33 bits per heavy atom. The first kappa shape index (κ1) is 14.6. The third-order valence-corrected chi connectivity index (χ3v) is 2.83. The quantitative estimate of drug-likeness (QED) is 0.569. The minimum Gasteiger partial charge on any atom is -0.395 e. The lowest BCUT2D eigenvalue weighted by Crippen LogP contribution is -2.27. The van der Waals surface area contributed by atoms with Crippen molar-refractivity contribution in [2.45, 2.75) is 26.3 Å². The van der Waals surface area contributed by atoms with Crippen molar-refractivity contribution in [2.24, 2.45) is 0 Å². The molecule has 1 aromatic carbocycles. The van der Waals surface area contributed by atoms with Gasteiger partial charge in [0.15, 0.2) is 0 Å². The molecule has 0 saturated carbocycles. The third kappa shape index (κ3) is 4.43. The van der Waals surface area contributed by atoms with Crippen molar-refractivity contribution in [2.75, 3.05) is 19.7 Å². The number of benzene rings is 1. The van der Waals surface area contributed by atoms with Crippen LogP contribution in [0.1, 0.15) is 25.3 Å². The summed E-state index contributed by atoms with van der Waals surface area (Å²) >= 11 is 0. The lowest BCUT2D eigenvalue weighted by atomic mass is 10.1. The number of rotatable bonds is 8. The molecule has 0 fully saturated rings. The monoisotopic (exact) mass is 252 g/mol. The van der Waals surface area contributed by atoms with Crippen molar-refractivity contribution in [3.8, 4) is 0 Å². The molecule has 1 aromatic rings. The maximum Gasteiger partial charge on any atom is 0.273 e. The van der Waals surface area contributed by atoms with Gasteiger partial charge in [0.05, 0.1) is 11.5 Å². The minimum absolute atomic E-state index is 0.0738. The Bertz CT molecular complexity index is 382. The number of hydrogen-bond acceptors (Lipinski definition) is 4. The molecule has 1 N–H and O–H groups in total. The van der Waals surface area contributed by atoms with E-state index in [1.54, 1.807) is 18.2 Å². The van der Waals surface area contributed by atoms with Crippen LogP contribution in [0, 0.1) is 10.1 Å². The van der Waals surface area contributed by atoms with E-state index in [0.717, 1.165) is 19.4 Å². The molecule has 5 nitrogen and oxygen atoms in total. The second-order valence-electron chi connectivity index (χ2n) is 4.24. The van der Waals surface area contributed by atoms with Gasteiger partial charge < -0.3 is 5.11 Å². The Balaban J connectivity index is 2.76. The fourth-order valence-corrected chi connectivity index (χ4v) is 1.86. The summed E-state index contributed by atoms with van der Waals surface area (Å²) in [5.41, 5.74) is 0.851. The molecule has 0 aliphatic carbocycles. The molecule has 0 unspecified atom stereocenters. The lowest BCUT2D eigenvalue weighted by molar-refractivity contribution is -0.385. The van der Waals surface area contributed by atoms with Crippen LogP contribution in [0.25, 0.3) is 0 Å². The Hall–Kier alpha value is -1.46. The highest BCUT2D eigenvalue weighted by Crippen LogP contribution is 2.19. The van der Waals surface area contributed by atoms with Gasteiger partial charge in [0.25, 0.3) is 5.69 Å². The van der Waals surface area contributed by atoms with Crippen LogP contribution in [0.4, 0.5) is 5.69 Å². The summed E-state index contributed by atoms with van der Waals surface area (Å²) in [6.45, 7) is 4.08. The summed E-state index contributed by atoms with van der Waals surface area (Å²) < 4.78 is 0. The largest absolute Gasteiger partial charge is 0.395 e. The van der Waals surface area contributed by atoms with Crippen molar-refractivity contribution >= 4 is 5.69 Å². The van der Waals surface area contributed by atoms with Gasteiger partial charge in [-0.1, -0.05) is 31.5 Å². The highest BCUT2D eigenvalue weighted by atomic mass is 16.6. The molecule has 0 aliphatic rings. The van der Waals surface area contributed by atoms with Crippen LogP contribution >= 0.6 is 0 Å². The Labute approximate surface area is 107 Å². The van der Waals surface area contributed by atoms with Gasteiger partial charge >= 0.3 is 0 Å². The average molecular weight is 252 g/mol. The van der Waals surface area contributed by atoms with Crippen molar-refractivity contribution in [1.29, 1.82) is 0 Å². The summed E-state index contributed by atoms with van der Waals surface area (Å²) in [4.78, 5) is 12.6. The summed E-state index contributed by atoms with van der Waals surface area (Å²) in [6.07, 6.45) is 2.10. The number of aliphatic hydroxyl groups is 1. The summed E-state index contributed by atoms with van der Waals surface area (Å²) in [7, 11) is 0. The summed E-state index contributed by atoms with van der Waals surface area (Å²) in [5, 5.41) is 19.9. The Kier molecular flexibility index (Phi) is 6.32. The highest BCUT2D eigenvalue weighted by molar-refractivity contribution is 5.39.